The summed E-state index contributed by atoms with van der Waals surface area (Å²) in [6, 6.07) is -0.409. The lowest BCUT2D eigenvalue weighted by molar-refractivity contribution is -0.146. The first-order valence-corrected chi connectivity index (χ1v) is 14.3. The van der Waals surface area contributed by atoms with Gasteiger partial charge in [0.25, 0.3) is 0 Å². The van der Waals surface area contributed by atoms with Crippen LogP contribution < -0.4 is 5.32 Å². The number of nitrogens with one attached hydrogen (secondary N) is 1. The van der Waals surface area contributed by atoms with Crippen molar-refractivity contribution in [1.82, 2.24) is 5.32 Å². The van der Waals surface area contributed by atoms with Crippen molar-refractivity contribution in [3.63, 3.8) is 0 Å². The highest BCUT2D eigenvalue weighted by Crippen LogP contribution is 2.13. The van der Waals surface area contributed by atoms with E-state index in [0.717, 1.165) is 12.8 Å². The lowest BCUT2D eigenvalue weighted by Crippen LogP contribution is -2.34. The Labute approximate surface area is 204 Å². The number of hydrogen-bond acceptors (Lipinski definition) is 3. The Morgan fingerprint density at radius 3 is 1.67 bits per heavy atom. The first-order valence-electron chi connectivity index (χ1n) is 14.3. The standard InChI is InChI=1S/C29H53NO3/c1-2-3-4-5-6-7-8-9-10-11-12-13-14-15-16-17-18-19-20-21-22-23-26-33-29(32)27-24-25-28(31)30-27/h10-11,27H,2-9,12-26H2,1H3,(H,30,31)/b11-10+/t27-/m0/s1. The third kappa shape index (κ3) is 18.8. The van der Waals surface area contributed by atoms with Gasteiger partial charge >= 0.3 is 5.97 Å². The van der Waals surface area contributed by atoms with Crippen molar-refractivity contribution in [3.05, 3.63) is 12.2 Å². The van der Waals surface area contributed by atoms with Crippen LogP contribution in [0.2, 0.25) is 0 Å². The Balaban J connectivity index is 1.70. The van der Waals surface area contributed by atoms with Gasteiger partial charge in [-0.25, -0.2) is 4.79 Å². The molecule has 0 spiro atoms. The van der Waals surface area contributed by atoms with Crippen LogP contribution in [0.5, 0.6) is 0 Å². The van der Waals surface area contributed by atoms with Crippen LogP contribution in [-0.4, -0.2) is 24.5 Å². The molecule has 0 bridgehead atoms. The Morgan fingerprint density at radius 2 is 1.21 bits per heavy atom. The smallest absolute Gasteiger partial charge is 0.328 e. The summed E-state index contributed by atoms with van der Waals surface area (Å²) in [6.45, 7) is 2.77. The fourth-order valence-corrected chi connectivity index (χ4v) is 4.47. The fourth-order valence-electron chi connectivity index (χ4n) is 4.47. The van der Waals surface area contributed by atoms with E-state index in [1.54, 1.807) is 0 Å². The second-order valence-corrected chi connectivity index (χ2v) is 9.89. The lowest BCUT2D eigenvalue weighted by atomic mass is 10.0. The van der Waals surface area contributed by atoms with Crippen molar-refractivity contribution in [2.45, 2.75) is 154 Å². The van der Waals surface area contributed by atoms with Crippen molar-refractivity contribution in [1.29, 1.82) is 0 Å². The molecule has 4 nitrogen and oxygen atoms in total. The molecule has 1 aliphatic heterocycles. The van der Waals surface area contributed by atoms with E-state index in [4.69, 9.17) is 4.74 Å². The number of ether oxygens (including phenoxy) is 1. The van der Waals surface area contributed by atoms with E-state index >= 15 is 0 Å². The molecular weight excluding hydrogens is 410 g/mol. The minimum Gasteiger partial charge on any atom is -0.464 e. The zero-order valence-corrected chi connectivity index (χ0v) is 21.7. The molecule has 192 valence electrons. The van der Waals surface area contributed by atoms with Crippen LogP contribution in [0.25, 0.3) is 0 Å². The maximum absolute atomic E-state index is 11.8. The summed E-state index contributed by atoms with van der Waals surface area (Å²) in [6.07, 6.45) is 32.3. The summed E-state index contributed by atoms with van der Waals surface area (Å²) in [5, 5.41) is 2.65. The second-order valence-electron chi connectivity index (χ2n) is 9.89. The van der Waals surface area contributed by atoms with Crippen LogP contribution in [0.15, 0.2) is 12.2 Å². The average molecular weight is 464 g/mol. The summed E-state index contributed by atoms with van der Waals surface area (Å²) < 4.78 is 5.26. The predicted molar refractivity (Wildman–Crippen MR) is 139 cm³/mol. The Bertz CT molecular complexity index is 503. The van der Waals surface area contributed by atoms with Crippen LogP contribution in [0.1, 0.15) is 148 Å². The molecule has 1 heterocycles. The summed E-state index contributed by atoms with van der Waals surface area (Å²) in [5.74, 6) is -0.307. The van der Waals surface area contributed by atoms with Crippen molar-refractivity contribution >= 4 is 11.9 Å². The van der Waals surface area contributed by atoms with Gasteiger partial charge in [0.2, 0.25) is 5.91 Å². The van der Waals surface area contributed by atoms with E-state index in [9.17, 15) is 9.59 Å². The van der Waals surface area contributed by atoms with E-state index in [-0.39, 0.29) is 11.9 Å². The normalized spacial score (nSPS) is 15.9. The maximum atomic E-state index is 11.8. The lowest BCUT2D eigenvalue weighted by Gasteiger charge is -2.09. The van der Waals surface area contributed by atoms with Gasteiger partial charge in [0.05, 0.1) is 6.61 Å². The van der Waals surface area contributed by atoms with Gasteiger partial charge in [-0.1, -0.05) is 115 Å². The largest absolute Gasteiger partial charge is 0.464 e. The van der Waals surface area contributed by atoms with Gasteiger partial charge in [-0.3, -0.25) is 4.79 Å². The third-order valence-electron chi connectivity index (χ3n) is 6.68. The molecule has 0 radical (unpaired) electrons. The molecule has 1 fully saturated rings. The number of allylic oxidation sites excluding steroid dienone is 2. The van der Waals surface area contributed by atoms with Crippen molar-refractivity contribution in [2.24, 2.45) is 0 Å². The number of hydrogen-bond donors (Lipinski definition) is 1. The number of unbranched alkanes of at least 4 members (excludes halogenated alkanes) is 18. The SMILES string of the molecule is CCCCCCCCC/C=C/CCCCCCCCCCCCCOC(=O)[C@@H]1CCC(=O)N1. The highest BCUT2D eigenvalue weighted by Gasteiger charge is 2.28. The van der Waals surface area contributed by atoms with Crippen molar-refractivity contribution in [3.8, 4) is 0 Å². The minimum absolute atomic E-state index is 0.0431. The van der Waals surface area contributed by atoms with Gasteiger partial charge in [-0.2, -0.15) is 0 Å². The van der Waals surface area contributed by atoms with Gasteiger partial charge < -0.3 is 10.1 Å². The molecule has 4 heteroatoms. The number of amides is 1. The molecule has 0 aromatic heterocycles. The highest BCUT2D eigenvalue weighted by molar-refractivity contribution is 5.87. The summed E-state index contributed by atoms with van der Waals surface area (Å²) in [5.41, 5.74) is 0. The second kappa shape index (κ2) is 22.5. The quantitative estimate of drug-likeness (QED) is 0.0944. The number of carbonyl (C=O) groups is 2. The van der Waals surface area contributed by atoms with Gasteiger partial charge in [0.15, 0.2) is 0 Å². The molecule has 1 rings (SSSR count). The van der Waals surface area contributed by atoms with Crippen molar-refractivity contribution < 1.29 is 14.3 Å². The average Bonchev–Trinajstić information content (AvgIpc) is 3.26. The molecule has 0 aromatic rings. The van der Waals surface area contributed by atoms with Crippen LogP contribution in [0, 0.1) is 0 Å². The van der Waals surface area contributed by atoms with Gasteiger partial charge in [-0.05, 0) is 38.5 Å². The summed E-state index contributed by atoms with van der Waals surface area (Å²) >= 11 is 0. The first kappa shape index (κ1) is 29.7. The van der Waals surface area contributed by atoms with Gasteiger partial charge in [-0.15, -0.1) is 0 Å². The van der Waals surface area contributed by atoms with Crippen LogP contribution in [0.4, 0.5) is 0 Å². The fraction of sp³-hybridized carbons (Fsp3) is 0.862. The highest BCUT2D eigenvalue weighted by atomic mass is 16.5. The minimum atomic E-state index is -0.409. The van der Waals surface area contributed by atoms with Crippen LogP contribution in [-0.2, 0) is 14.3 Å². The van der Waals surface area contributed by atoms with E-state index < -0.39 is 6.04 Å². The molecule has 0 unspecified atom stereocenters. The third-order valence-corrected chi connectivity index (χ3v) is 6.68. The van der Waals surface area contributed by atoms with E-state index in [1.165, 1.54) is 116 Å². The number of carbonyl (C=O) groups excluding carboxylic acids is 2. The molecule has 1 N–H and O–H groups in total. The first-order chi connectivity index (χ1) is 16.2. The Hall–Kier alpha value is -1.32. The molecule has 0 aromatic carbocycles. The monoisotopic (exact) mass is 463 g/mol. The van der Waals surface area contributed by atoms with Crippen molar-refractivity contribution in [2.75, 3.05) is 6.61 Å². The molecule has 1 amide bonds. The maximum Gasteiger partial charge on any atom is 0.328 e. The van der Waals surface area contributed by atoms with E-state index in [2.05, 4.69) is 24.4 Å². The van der Waals surface area contributed by atoms with Gasteiger partial charge in [0, 0.05) is 6.42 Å². The zero-order chi connectivity index (χ0) is 23.8. The summed E-state index contributed by atoms with van der Waals surface area (Å²) in [4.78, 5) is 22.9. The van der Waals surface area contributed by atoms with Crippen LogP contribution >= 0.6 is 0 Å². The zero-order valence-electron chi connectivity index (χ0n) is 21.7. The Morgan fingerprint density at radius 1 is 0.758 bits per heavy atom. The molecule has 1 aliphatic rings. The number of rotatable bonds is 23. The molecule has 1 atom stereocenters. The van der Waals surface area contributed by atoms with E-state index in [0.29, 0.717) is 19.4 Å². The van der Waals surface area contributed by atoms with E-state index in [1.807, 2.05) is 0 Å². The molecule has 0 aliphatic carbocycles. The summed E-state index contributed by atoms with van der Waals surface area (Å²) in [7, 11) is 0. The predicted octanol–water partition coefficient (Wildman–Crippen LogP) is 8.19. The Kier molecular flexibility index (Phi) is 20.2. The van der Waals surface area contributed by atoms with Gasteiger partial charge in [0.1, 0.15) is 6.04 Å². The topological polar surface area (TPSA) is 55.4 Å². The molecule has 33 heavy (non-hydrogen) atoms. The molecule has 0 saturated carbocycles. The van der Waals surface area contributed by atoms with Crippen LogP contribution in [0.3, 0.4) is 0 Å². The number of esters is 1. The molecular formula is C29H53NO3. The molecule has 1 saturated heterocycles.